The number of nitrogens with zero attached hydrogens (tertiary/aromatic N) is 1. The van der Waals surface area contributed by atoms with Gasteiger partial charge < -0.3 is 19.9 Å². The van der Waals surface area contributed by atoms with Gasteiger partial charge in [-0.25, -0.2) is 5.43 Å². The Hall–Kier alpha value is -3.55. The van der Waals surface area contributed by atoms with Gasteiger partial charge in [-0.2, -0.15) is 5.10 Å². The molecule has 0 unspecified atom stereocenters. The van der Waals surface area contributed by atoms with Crippen molar-refractivity contribution in [2.24, 2.45) is 5.10 Å². The Bertz CT molecular complexity index is 787. The van der Waals surface area contributed by atoms with Gasteiger partial charge >= 0.3 is 11.8 Å². The normalized spacial score (nSPS) is 10.3. The van der Waals surface area contributed by atoms with Crippen molar-refractivity contribution in [2.75, 3.05) is 19.5 Å². The molecule has 3 N–H and O–H groups in total. The van der Waals surface area contributed by atoms with Crippen LogP contribution in [-0.2, 0) is 9.59 Å². The van der Waals surface area contributed by atoms with Gasteiger partial charge in [-0.05, 0) is 42.0 Å². The van der Waals surface area contributed by atoms with Crippen LogP contribution in [0.4, 0.5) is 5.69 Å². The van der Waals surface area contributed by atoms with Crippen LogP contribution in [0.5, 0.6) is 17.2 Å². The third-order valence-corrected chi connectivity index (χ3v) is 3.14. The van der Waals surface area contributed by atoms with Gasteiger partial charge in [-0.1, -0.05) is 0 Å². The van der Waals surface area contributed by atoms with Gasteiger partial charge in [0.1, 0.15) is 17.2 Å². The number of amides is 2. The second-order valence-corrected chi connectivity index (χ2v) is 4.81. The largest absolute Gasteiger partial charge is 0.508 e. The first-order valence-electron chi connectivity index (χ1n) is 7.19. The van der Waals surface area contributed by atoms with Crippen molar-refractivity contribution in [3.63, 3.8) is 0 Å². The van der Waals surface area contributed by atoms with Crippen LogP contribution in [0, 0.1) is 0 Å². The van der Waals surface area contributed by atoms with Crippen molar-refractivity contribution in [3.05, 3.63) is 48.0 Å². The van der Waals surface area contributed by atoms with Crippen LogP contribution >= 0.6 is 0 Å². The zero-order valence-corrected chi connectivity index (χ0v) is 13.6. The number of hydrogen-bond donors (Lipinski definition) is 3. The molecule has 0 radical (unpaired) electrons. The van der Waals surface area contributed by atoms with E-state index in [2.05, 4.69) is 15.8 Å². The topological polar surface area (TPSA) is 109 Å². The second-order valence-electron chi connectivity index (χ2n) is 4.81. The van der Waals surface area contributed by atoms with Crippen molar-refractivity contribution >= 4 is 23.7 Å². The number of phenols is 1. The van der Waals surface area contributed by atoms with Crippen molar-refractivity contribution in [2.45, 2.75) is 0 Å². The Labute approximate surface area is 144 Å². The summed E-state index contributed by atoms with van der Waals surface area (Å²) in [7, 11) is 2.94. The fourth-order valence-corrected chi connectivity index (χ4v) is 1.86. The van der Waals surface area contributed by atoms with Crippen LogP contribution in [0.25, 0.3) is 0 Å². The molecule has 8 nitrogen and oxygen atoms in total. The lowest BCUT2D eigenvalue weighted by Gasteiger charge is -2.10. The molecule has 0 fully saturated rings. The lowest BCUT2D eigenvalue weighted by molar-refractivity contribution is -0.136. The van der Waals surface area contributed by atoms with Crippen LogP contribution < -0.4 is 20.2 Å². The number of nitrogens with one attached hydrogen (secondary N) is 2. The molecule has 0 heterocycles. The smallest absolute Gasteiger partial charge is 0.329 e. The van der Waals surface area contributed by atoms with Crippen molar-refractivity contribution < 1.29 is 24.2 Å². The molecule has 2 amide bonds. The Morgan fingerprint density at radius 1 is 1.04 bits per heavy atom. The molecule has 0 aliphatic rings. The minimum absolute atomic E-state index is 0.119. The number of phenolic OH excluding ortho intramolecular Hbond substituents is 1. The summed E-state index contributed by atoms with van der Waals surface area (Å²) in [6.07, 6.45) is 1.35. The fraction of sp³-hybridized carbons (Fsp3) is 0.118. The summed E-state index contributed by atoms with van der Waals surface area (Å²) in [6, 6.07) is 10.9. The molecule has 0 bridgehead atoms. The van der Waals surface area contributed by atoms with Crippen molar-refractivity contribution in [1.29, 1.82) is 0 Å². The Morgan fingerprint density at radius 3 is 2.40 bits per heavy atom. The maximum absolute atomic E-state index is 11.9. The molecule has 0 aliphatic heterocycles. The summed E-state index contributed by atoms with van der Waals surface area (Å²) in [5, 5.41) is 15.3. The molecule has 0 aliphatic carbocycles. The van der Waals surface area contributed by atoms with E-state index in [0.717, 1.165) is 0 Å². The fourth-order valence-electron chi connectivity index (χ4n) is 1.86. The highest BCUT2D eigenvalue weighted by Crippen LogP contribution is 2.28. The van der Waals surface area contributed by atoms with E-state index in [4.69, 9.17) is 9.47 Å². The zero-order valence-electron chi connectivity index (χ0n) is 13.6. The van der Waals surface area contributed by atoms with E-state index < -0.39 is 11.8 Å². The average Bonchev–Trinajstić information content (AvgIpc) is 2.63. The van der Waals surface area contributed by atoms with E-state index >= 15 is 0 Å². The maximum Gasteiger partial charge on any atom is 0.329 e. The molecule has 25 heavy (non-hydrogen) atoms. The number of aromatic hydroxyl groups is 1. The van der Waals surface area contributed by atoms with Gasteiger partial charge in [0.15, 0.2) is 0 Å². The maximum atomic E-state index is 11.9. The third kappa shape index (κ3) is 4.96. The molecule has 2 rings (SSSR count). The number of ether oxygens (including phenoxy) is 2. The summed E-state index contributed by atoms with van der Waals surface area (Å²) in [5.41, 5.74) is 3.09. The number of carbonyl (C=O) groups excluding carboxylic acids is 2. The van der Waals surface area contributed by atoms with Gasteiger partial charge in [0.05, 0.1) is 26.1 Å². The quantitative estimate of drug-likeness (QED) is 0.433. The van der Waals surface area contributed by atoms with Gasteiger partial charge in [-0.15, -0.1) is 0 Å². The molecule has 0 saturated heterocycles. The first kappa shape index (κ1) is 17.8. The van der Waals surface area contributed by atoms with Gasteiger partial charge in [0.2, 0.25) is 0 Å². The van der Waals surface area contributed by atoms with Gasteiger partial charge in [0.25, 0.3) is 0 Å². The van der Waals surface area contributed by atoms with E-state index in [9.17, 15) is 14.7 Å². The summed E-state index contributed by atoms with van der Waals surface area (Å²) in [4.78, 5) is 23.7. The van der Waals surface area contributed by atoms with Crippen LogP contribution in [0.15, 0.2) is 47.6 Å². The molecular weight excluding hydrogens is 326 g/mol. The number of anilines is 1. The van der Waals surface area contributed by atoms with Crippen LogP contribution in [-0.4, -0.2) is 37.4 Å². The first-order chi connectivity index (χ1) is 12.0. The Kier molecular flexibility index (Phi) is 5.94. The number of benzene rings is 2. The zero-order chi connectivity index (χ0) is 18.2. The standard InChI is InChI=1S/C17H17N3O5/c1-24-13-7-8-14(15(9-13)25-2)19-16(22)17(23)20-18-10-11-3-5-12(21)6-4-11/h3-10,21H,1-2H3,(H,19,22)(H,20,23)/b18-10-. The molecule has 0 spiro atoms. The monoisotopic (exact) mass is 343 g/mol. The minimum atomic E-state index is -0.937. The highest BCUT2D eigenvalue weighted by molar-refractivity contribution is 6.39. The molecule has 2 aromatic carbocycles. The summed E-state index contributed by atoms with van der Waals surface area (Å²) < 4.78 is 10.2. The summed E-state index contributed by atoms with van der Waals surface area (Å²) in [6.45, 7) is 0. The van der Waals surface area contributed by atoms with Crippen molar-refractivity contribution in [3.8, 4) is 17.2 Å². The Balaban J connectivity index is 1.96. The van der Waals surface area contributed by atoms with E-state index in [1.54, 1.807) is 30.3 Å². The van der Waals surface area contributed by atoms with Gasteiger partial charge in [-0.3, -0.25) is 9.59 Å². The minimum Gasteiger partial charge on any atom is -0.508 e. The molecule has 0 atom stereocenters. The lowest BCUT2D eigenvalue weighted by atomic mass is 10.2. The molecule has 130 valence electrons. The van der Waals surface area contributed by atoms with Crippen LogP contribution in [0.1, 0.15) is 5.56 Å². The number of hydrogen-bond acceptors (Lipinski definition) is 6. The highest BCUT2D eigenvalue weighted by Gasteiger charge is 2.15. The SMILES string of the molecule is COc1ccc(NC(=O)C(=O)N/N=C\c2ccc(O)cc2)c(OC)c1. The predicted octanol–water partition coefficient (Wildman–Crippen LogP) is 1.50. The van der Waals surface area contributed by atoms with E-state index in [1.807, 2.05) is 0 Å². The number of methoxy groups -OCH3 is 2. The Morgan fingerprint density at radius 2 is 1.76 bits per heavy atom. The number of hydrazone groups is 1. The van der Waals surface area contributed by atoms with E-state index in [0.29, 0.717) is 22.7 Å². The molecule has 0 aromatic heterocycles. The van der Waals surface area contributed by atoms with Crippen molar-refractivity contribution in [1.82, 2.24) is 5.43 Å². The number of carbonyl (C=O) groups is 2. The number of rotatable bonds is 5. The molecule has 0 saturated carbocycles. The average molecular weight is 343 g/mol. The predicted molar refractivity (Wildman–Crippen MR) is 92.0 cm³/mol. The van der Waals surface area contributed by atoms with E-state index in [1.165, 1.54) is 32.6 Å². The van der Waals surface area contributed by atoms with Crippen LogP contribution in [0.3, 0.4) is 0 Å². The molecule has 8 heteroatoms. The van der Waals surface area contributed by atoms with E-state index in [-0.39, 0.29) is 5.75 Å². The second kappa shape index (κ2) is 8.34. The highest BCUT2D eigenvalue weighted by atomic mass is 16.5. The summed E-state index contributed by atoms with van der Waals surface area (Å²) in [5.74, 6) is -0.806. The molecule has 2 aromatic rings. The third-order valence-electron chi connectivity index (χ3n) is 3.14. The molecular formula is C17H17N3O5. The van der Waals surface area contributed by atoms with Crippen LogP contribution in [0.2, 0.25) is 0 Å². The van der Waals surface area contributed by atoms with Gasteiger partial charge in [0, 0.05) is 6.07 Å². The first-order valence-corrected chi connectivity index (χ1v) is 7.19. The summed E-state index contributed by atoms with van der Waals surface area (Å²) >= 11 is 0. The lowest BCUT2D eigenvalue weighted by Crippen LogP contribution is -2.32.